The van der Waals surface area contributed by atoms with Crippen LogP contribution < -0.4 is 0 Å². The summed E-state index contributed by atoms with van der Waals surface area (Å²) in [6, 6.07) is 8.54. The lowest BCUT2D eigenvalue weighted by molar-refractivity contribution is 0.0953. The normalized spacial score (nSPS) is 17.1. The fraction of sp³-hybridized carbons (Fsp3) is 0.333. The Morgan fingerprint density at radius 3 is 3.00 bits per heavy atom. The number of hydrogen-bond donors (Lipinski definition) is 0. The second-order valence-corrected chi connectivity index (χ2v) is 8.35. The Morgan fingerprint density at radius 1 is 1.35 bits per heavy atom. The lowest BCUT2D eigenvalue weighted by Crippen LogP contribution is -2.16. The Hall–Kier alpha value is -1.41. The highest BCUT2D eigenvalue weighted by molar-refractivity contribution is 7.98. The van der Waals surface area contributed by atoms with Crippen molar-refractivity contribution in [3.8, 4) is 10.7 Å². The summed E-state index contributed by atoms with van der Waals surface area (Å²) in [6.45, 7) is 1.55. The molecule has 1 atom stereocenters. The van der Waals surface area contributed by atoms with E-state index in [0.717, 1.165) is 47.4 Å². The molecule has 1 aliphatic rings. The van der Waals surface area contributed by atoms with Gasteiger partial charge >= 0.3 is 0 Å². The van der Waals surface area contributed by atoms with Crippen LogP contribution in [-0.2, 0) is 17.0 Å². The van der Waals surface area contributed by atoms with Crippen molar-refractivity contribution in [3.63, 3.8) is 0 Å². The monoisotopic (exact) mass is 409 g/mol. The number of hydrogen-bond acceptors (Lipinski definition) is 5. The molecule has 136 valence electrons. The van der Waals surface area contributed by atoms with E-state index in [1.807, 2.05) is 17.5 Å². The van der Waals surface area contributed by atoms with Crippen LogP contribution in [0.2, 0.25) is 5.02 Å². The van der Waals surface area contributed by atoms with Crippen LogP contribution in [0.5, 0.6) is 0 Å². The second kappa shape index (κ2) is 8.08. The molecule has 0 saturated carbocycles. The highest BCUT2D eigenvalue weighted by atomic mass is 35.5. The topological polar surface area (TPSA) is 39.9 Å². The van der Waals surface area contributed by atoms with E-state index in [-0.39, 0.29) is 11.9 Å². The number of thioether (sulfide) groups is 1. The summed E-state index contributed by atoms with van der Waals surface area (Å²) >= 11 is 9.34. The minimum Gasteiger partial charge on any atom is -0.376 e. The van der Waals surface area contributed by atoms with Gasteiger partial charge in [-0.1, -0.05) is 35.5 Å². The summed E-state index contributed by atoms with van der Waals surface area (Å²) in [5.74, 6) is 1.14. The van der Waals surface area contributed by atoms with Gasteiger partial charge in [0.25, 0.3) is 0 Å². The summed E-state index contributed by atoms with van der Waals surface area (Å²) in [5.41, 5.74) is 0.877. The van der Waals surface area contributed by atoms with Gasteiger partial charge < -0.3 is 4.74 Å². The first kappa shape index (κ1) is 18.0. The smallest absolute Gasteiger partial charge is 0.191 e. The van der Waals surface area contributed by atoms with Gasteiger partial charge in [0.05, 0.1) is 17.5 Å². The maximum absolute atomic E-state index is 13.2. The zero-order chi connectivity index (χ0) is 17.9. The van der Waals surface area contributed by atoms with Crippen molar-refractivity contribution in [1.82, 2.24) is 14.8 Å². The Kier molecular flexibility index (Phi) is 5.59. The number of ether oxygens (including phenoxy) is 1. The molecule has 0 amide bonds. The van der Waals surface area contributed by atoms with Gasteiger partial charge in [0.1, 0.15) is 5.82 Å². The molecule has 3 aromatic rings. The Balaban J connectivity index is 1.58. The molecule has 1 unspecified atom stereocenters. The highest BCUT2D eigenvalue weighted by Gasteiger charge is 2.22. The van der Waals surface area contributed by atoms with E-state index in [1.54, 1.807) is 29.2 Å². The van der Waals surface area contributed by atoms with Crippen molar-refractivity contribution in [3.05, 3.63) is 52.1 Å². The summed E-state index contributed by atoms with van der Waals surface area (Å²) in [4.78, 5) is 1.09. The first-order chi connectivity index (χ1) is 12.7. The summed E-state index contributed by atoms with van der Waals surface area (Å²) < 4.78 is 21.2. The van der Waals surface area contributed by atoms with Crippen LogP contribution in [0.15, 0.2) is 40.9 Å². The molecule has 1 aliphatic heterocycles. The zero-order valence-corrected chi connectivity index (χ0v) is 16.3. The molecule has 2 aromatic heterocycles. The van der Waals surface area contributed by atoms with Gasteiger partial charge in [0, 0.05) is 17.4 Å². The molecule has 26 heavy (non-hydrogen) atoms. The summed E-state index contributed by atoms with van der Waals surface area (Å²) in [7, 11) is 0. The number of rotatable bonds is 6. The molecular weight excluding hydrogens is 393 g/mol. The molecule has 0 aliphatic carbocycles. The van der Waals surface area contributed by atoms with E-state index in [0.29, 0.717) is 10.8 Å². The SMILES string of the molecule is Fc1ccc(CSc2nnc(-c3cccs3)n2CC2CCCO2)c(Cl)c1. The first-order valence-corrected chi connectivity index (χ1v) is 10.6. The van der Waals surface area contributed by atoms with E-state index in [2.05, 4.69) is 14.8 Å². The van der Waals surface area contributed by atoms with Crippen molar-refractivity contribution < 1.29 is 9.13 Å². The second-order valence-electron chi connectivity index (χ2n) is 6.05. The third-order valence-corrected chi connectivity index (χ3v) is 6.47. The van der Waals surface area contributed by atoms with Crippen LogP contribution in [0, 0.1) is 5.82 Å². The van der Waals surface area contributed by atoms with Gasteiger partial charge in [-0.05, 0) is 42.0 Å². The lowest BCUT2D eigenvalue weighted by atomic mass is 10.2. The number of thiophene rings is 1. The van der Waals surface area contributed by atoms with Gasteiger partial charge in [-0.3, -0.25) is 4.57 Å². The standard InChI is InChI=1S/C18H17ClFN3OS2/c19-15-9-13(20)6-5-12(15)11-26-18-22-21-17(16-4-2-8-25-16)23(18)10-14-3-1-7-24-14/h2,4-6,8-9,14H,1,3,7,10-11H2. The van der Waals surface area contributed by atoms with Crippen LogP contribution in [0.1, 0.15) is 18.4 Å². The number of aromatic nitrogens is 3. The molecule has 1 aromatic carbocycles. The van der Waals surface area contributed by atoms with E-state index in [4.69, 9.17) is 16.3 Å². The van der Waals surface area contributed by atoms with E-state index >= 15 is 0 Å². The van der Waals surface area contributed by atoms with Crippen LogP contribution in [-0.4, -0.2) is 27.5 Å². The fourth-order valence-corrected chi connectivity index (χ4v) is 4.90. The minimum atomic E-state index is -0.328. The van der Waals surface area contributed by atoms with Crippen LogP contribution in [0.4, 0.5) is 4.39 Å². The predicted octanol–water partition coefficient (Wildman–Crippen LogP) is 5.27. The summed E-state index contributed by atoms with van der Waals surface area (Å²) in [6.07, 6.45) is 2.34. The molecule has 4 nitrogen and oxygen atoms in total. The van der Waals surface area contributed by atoms with Gasteiger partial charge in [-0.15, -0.1) is 21.5 Å². The first-order valence-electron chi connectivity index (χ1n) is 8.36. The van der Waals surface area contributed by atoms with Gasteiger partial charge in [0.2, 0.25) is 0 Å². The zero-order valence-electron chi connectivity index (χ0n) is 13.9. The van der Waals surface area contributed by atoms with Crippen LogP contribution in [0.3, 0.4) is 0 Å². The number of benzene rings is 1. The fourth-order valence-electron chi connectivity index (χ4n) is 2.92. The Bertz CT molecular complexity index is 879. The van der Waals surface area contributed by atoms with Crippen LogP contribution >= 0.6 is 34.7 Å². The molecule has 4 rings (SSSR count). The maximum Gasteiger partial charge on any atom is 0.191 e. The van der Waals surface area contributed by atoms with Crippen molar-refractivity contribution in [2.75, 3.05) is 6.61 Å². The molecule has 0 radical (unpaired) electrons. The van der Waals surface area contributed by atoms with E-state index < -0.39 is 0 Å². The molecule has 3 heterocycles. The van der Waals surface area contributed by atoms with Gasteiger partial charge in [-0.25, -0.2) is 4.39 Å². The average Bonchev–Trinajstić information content (AvgIpc) is 3.36. The third-order valence-electron chi connectivity index (χ3n) is 4.24. The highest BCUT2D eigenvalue weighted by Crippen LogP contribution is 2.31. The molecule has 0 bridgehead atoms. The number of halogens is 2. The maximum atomic E-state index is 13.2. The van der Waals surface area contributed by atoms with Crippen LogP contribution in [0.25, 0.3) is 10.7 Å². The average molecular weight is 410 g/mol. The molecule has 0 N–H and O–H groups in total. The van der Waals surface area contributed by atoms with Crippen molar-refractivity contribution >= 4 is 34.7 Å². The molecule has 0 spiro atoms. The summed E-state index contributed by atoms with van der Waals surface area (Å²) in [5, 5.41) is 12.1. The molecule has 1 saturated heterocycles. The number of nitrogens with zero attached hydrogens (tertiary/aromatic N) is 3. The lowest BCUT2D eigenvalue weighted by Gasteiger charge is -2.14. The predicted molar refractivity (Wildman–Crippen MR) is 103 cm³/mol. The minimum absolute atomic E-state index is 0.193. The van der Waals surface area contributed by atoms with Gasteiger partial charge in [-0.2, -0.15) is 0 Å². The van der Waals surface area contributed by atoms with E-state index in [9.17, 15) is 4.39 Å². The Morgan fingerprint density at radius 2 is 2.27 bits per heavy atom. The van der Waals surface area contributed by atoms with Gasteiger partial charge in [0.15, 0.2) is 11.0 Å². The largest absolute Gasteiger partial charge is 0.376 e. The van der Waals surface area contributed by atoms with Crippen molar-refractivity contribution in [2.45, 2.75) is 36.4 Å². The third kappa shape index (κ3) is 3.96. The molecular formula is C18H17ClFN3OS2. The quantitative estimate of drug-likeness (QED) is 0.520. The van der Waals surface area contributed by atoms with Crippen molar-refractivity contribution in [2.24, 2.45) is 0 Å². The molecule has 1 fully saturated rings. The Labute approximate surface area is 164 Å². The molecule has 8 heteroatoms. The van der Waals surface area contributed by atoms with Crippen molar-refractivity contribution in [1.29, 1.82) is 0 Å². The van der Waals surface area contributed by atoms with E-state index in [1.165, 1.54) is 12.1 Å².